The summed E-state index contributed by atoms with van der Waals surface area (Å²) in [5.41, 5.74) is 0.534. The molecule has 0 saturated carbocycles. The van der Waals surface area contributed by atoms with Gasteiger partial charge in [-0.15, -0.1) is 11.8 Å². The molecule has 0 spiro atoms. The van der Waals surface area contributed by atoms with E-state index < -0.39 is 0 Å². The molecular formula is C13H11BrN2O2S. The Hall–Kier alpha value is -1.27. The average Bonchev–Trinajstić information content (AvgIpc) is 2.80. The predicted molar refractivity (Wildman–Crippen MR) is 78.9 cm³/mol. The molecule has 0 bridgehead atoms. The van der Waals surface area contributed by atoms with Crippen molar-refractivity contribution in [3.05, 3.63) is 61.3 Å². The average molecular weight is 339 g/mol. The van der Waals surface area contributed by atoms with E-state index in [9.17, 15) is 9.59 Å². The van der Waals surface area contributed by atoms with Crippen LogP contribution >= 0.6 is 27.7 Å². The van der Waals surface area contributed by atoms with Crippen LogP contribution in [-0.4, -0.2) is 15.3 Å². The van der Waals surface area contributed by atoms with Gasteiger partial charge in [0.05, 0.1) is 4.47 Å². The summed E-state index contributed by atoms with van der Waals surface area (Å²) >= 11 is 4.96. The van der Waals surface area contributed by atoms with Crippen LogP contribution in [0.3, 0.4) is 0 Å². The molecule has 2 aromatic rings. The molecule has 0 aliphatic carbocycles. The van der Waals surface area contributed by atoms with Crippen LogP contribution in [0.2, 0.25) is 0 Å². The second-order valence-electron chi connectivity index (χ2n) is 4.43. The second kappa shape index (κ2) is 5.02. The van der Waals surface area contributed by atoms with E-state index in [0.717, 1.165) is 5.75 Å². The van der Waals surface area contributed by atoms with Crippen molar-refractivity contribution in [1.29, 1.82) is 0 Å². The van der Waals surface area contributed by atoms with Gasteiger partial charge in [-0.05, 0) is 27.6 Å². The smallest absolute Gasteiger partial charge is 0.299 e. The normalized spacial score (nSPS) is 17.4. The van der Waals surface area contributed by atoms with Gasteiger partial charge in [-0.25, -0.2) is 4.79 Å². The van der Waals surface area contributed by atoms with E-state index in [1.54, 1.807) is 10.8 Å². The summed E-state index contributed by atoms with van der Waals surface area (Å²) in [7, 11) is 0. The standard InChI is InChI=1S/C13H11BrN2O2S/c14-10-6-16(13(18)15-12(10)17)5-8-7-19-11-4-2-1-3-9(8)11/h1-4,6,8H,5,7H2,(H,15,17,18). The van der Waals surface area contributed by atoms with Gasteiger partial charge in [-0.2, -0.15) is 0 Å². The SMILES string of the molecule is O=c1[nH]c(=O)n(CC2CSc3ccccc32)cc1Br. The first kappa shape index (κ1) is 12.7. The number of benzene rings is 1. The van der Waals surface area contributed by atoms with Crippen molar-refractivity contribution in [3.8, 4) is 0 Å². The molecule has 2 heterocycles. The molecule has 1 aliphatic rings. The number of thioether (sulfide) groups is 1. The molecule has 3 rings (SSSR count). The number of aromatic amines is 1. The van der Waals surface area contributed by atoms with Crippen molar-refractivity contribution >= 4 is 27.7 Å². The Labute approximate surface area is 122 Å². The number of halogens is 1. The molecule has 19 heavy (non-hydrogen) atoms. The highest BCUT2D eigenvalue weighted by Crippen LogP contribution is 2.39. The minimum atomic E-state index is -0.387. The number of hydrogen-bond donors (Lipinski definition) is 1. The summed E-state index contributed by atoms with van der Waals surface area (Å²) in [6, 6.07) is 8.25. The van der Waals surface area contributed by atoms with E-state index in [-0.39, 0.29) is 11.2 Å². The largest absolute Gasteiger partial charge is 0.328 e. The highest BCUT2D eigenvalue weighted by Gasteiger charge is 2.23. The van der Waals surface area contributed by atoms with Gasteiger partial charge < -0.3 is 0 Å². The summed E-state index contributed by atoms with van der Waals surface area (Å²) in [5, 5.41) is 0. The zero-order valence-electron chi connectivity index (χ0n) is 9.93. The van der Waals surface area contributed by atoms with Crippen molar-refractivity contribution in [2.24, 2.45) is 0 Å². The van der Waals surface area contributed by atoms with E-state index in [1.165, 1.54) is 10.5 Å². The molecule has 1 aromatic heterocycles. The minimum Gasteiger partial charge on any atom is -0.299 e. The molecule has 1 aromatic carbocycles. The topological polar surface area (TPSA) is 54.9 Å². The van der Waals surface area contributed by atoms with Gasteiger partial charge in [0.25, 0.3) is 5.56 Å². The molecule has 6 heteroatoms. The first-order chi connectivity index (χ1) is 9.15. The van der Waals surface area contributed by atoms with Crippen LogP contribution < -0.4 is 11.2 Å². The number of hydrogen-bond acceptors (Lipinski definition) is 3. The number of nitrogens with zero attached hydrogens (tertiary/aromatic N) is 1. The molecule has 1 unspecified atom stereocenters. The third-order valence-electron chi connectivity index (χ3n) is 3.18. The molecule has 98 valence electrons. The summed E-state index contributed by atoms with van der Waals surface area (Å²) in [4.78, 5) is 26.7. The highest BCUT2D eigenvalue weighted by atomic mass is 79.9. The molecule has 0 radical (unpaired) electrons. The van der Waals surface area contributed by atoms with Crippen molar-refractivity contribution in [2.45, 2.75) is 17.4 Å². The van der Waals surface area contributed by atoms with E-state index in [2.05, 4.69) is 33.0 Å². The predicted octanol–water partition coefficient (Wildman–Crippen LogP) is 2.19. The molecule has 0 fully saturated rings. The number of rotatable bonds is 2. The van der Waals surface area contributed by atoms with Crippen molar-refractivity contribution in [1.82, 2.24) is 9.55 Å². The lowest BCUT2D eigenvalue weighted by molar-refractivity contribution is 0.571. The third kappa shape index (κ3) is 2.42. The lowest BCUT2D eigenvalue weighted by Gasteiger charge is -2.12. The molecule has 0 saturated heterocycles. The summed E-state index contributed by atoms with van der Waals surface area (Å²) in [6.07, 6.45) is 1.56. The van der Waals surface area contributed by atoms with E-state index in [1.807, 2.05) is 23.9 Å². The lowest BCUT2D eigenvalue weighted by atomic mass is 10.0. The quantitative estimate of drug-likeness (QED) is 0.913. The van der Waals surface area contributed by atoms with Crippen LogP contribution in [0.25, 0.3) is 0 Å². The summed E-state index contributed by atoms with van der Waals surface area (Å²) in [5.74, 6) is 1.26. The Morgan fingerprint density at radius 1 is 1.37 bits per heavy atom. The van der Waals surface area contributed by atoms with E-state index >= 15 is 0 Å². The fourth-order valence-electron chi connectivity index (χ4n) is 2.24. The lowest BCUT2D eigenvalue weighted by Crippen LogP contribution is -2.31. The molecule has 1 atom stereocenters. The Kier molecular flexibility index (Phi) is 3.36. The van der Waals surface area contributed by atoms with Crippen molar-refractivity contribution in [3.63, 3.8) is 0 Å². The maximum atomic E-state index is 11.8. The fourth-order valence-corrected chi connectivity index (χ4v) is 3.82. The summed E-state index contributed by atoms with van der Waals surface area (Å²) in [6.45, 7) is 0.582. The Morgan fingerprint density at radius 3 is 3.00 bits per heavy atom. The fraction of sp³-hybridized carbons (Fsp3) is 0.231. The molecule has 4 nitrogen and oxygen atoms in total. The molecule has 1 N–H and O–H groups in total. The summed E-state index contributed by atoms with van der Waals surface area (Å²) < 4.78 is 1.93. The van der Waals surface area contributed by atoms with Gasteiger partial charge in [0, 0.05) is 29.3 Å². The minimum absolute atomic E-state index is 0.303. The van der Waals surface area contributed by atoms with Crippen LogP contribution in [-0.2, 0) is 6.54 Å². The molecule has 1 aliphatic heterocycles. The van der Waals surface area contributed by atoms with Crippen molar-refractivity contribution in [2.75, 3.05) is 5.75 Å². The van der Waals surface area contributed by atoms with Gasteiger partial charge in [0.15, 0.2) is 0 Å². The van der Waals surface area contributed by atoms with E-state index in [0.29, 0.717) is 16.9 Å². The van der Waals surface area contributed by atoms with Gasteiger partial charge in [-0.1, -0.05) is 18.2 Å². The van der Waals surface area contributed by atoms with Crippen LogP contribution in [0.1, 0.15) is 11.5 Å². The Morgan fingerprint density at radius 2 is 2.16 bits per heavy atom. The zero-order chi connectivity index (χ0) is 13.4. The zero-order valence-corrected chi connectivity index (χ0v) is 12.3. The van der Waals surface area contributed by atoms with Crippen molar-refractivity contribution < 1.29 is 0 Å². The maximum absolute atomic E-state index is 11.8. The van der Waals surface area contributed by atoms with Crippen LogP contribution in [0, 0.1) is 0 Å². The second-order valence-corrected chi connectivity index (χ2v) is 6.35. The van der Waals surface area contributed by atoms with Crippen LogP contribution in [0.4, 0.5) is 0 Å². The van der Waals surface area contributed by atoms with Crippen LogP contribution in [0.15, 0.2) is 49.4 Å². The van der Waals surface area contributed by atoms with Gasteiger partial charge in [0.1, 0.15) is 0 Å². The van der Waals surface area contributed by atoms with Gasteiger partial charge >= 0.3 is 5.69 Å². The monoisotopic (exact) mass is 338 g/mol. The number of aromatic nitrogens is 2. The highest BCUT2D eigenvalue weighted by molar-refractivity contribution is 9.10. The third-order valence-corrected chi connectivity index (χ3v) is 5.00. The van der Waals surface area contributed by atoms with Gasteiger partial charge in [-0.3, -0.25) is 14.3 Å². The van der Waals surface area contributed by atoms with Crippen LogP contribution in [0.5, 0.6) is 0 Å². The maximum Gasteiger partial charge on any atom is 0.328 e. The number of fused-ring (bicyclic) bond motifs is 1. The first-order valence-corrected chi connectivity index (χ1v) is 7.64. The van der Waals surface area contributed by atoms with E-state index in [4.69, 9.17) is 0 Å². The Balaban J connectivity index is 1.94. The Bertz CT molecular complexity index is 738. The van der Waals surface area contributed by atoms with Gasteiger partial charge in [0.2, 0.25) is 0 Å². The number of H-pyrrole nitrogens is 1. The first-order valence-electron chi connectivity index (χ1n) is 5.86. The molecular weight excluding hydrogens is 328 g/mol. The molecule has 0 amide bonds. The number of nitrogens with one attached hydrogen (secondary N) is 1.